The molecule has 0 aromatic heterocycles. The monoisotopic (exact) mass is 295 g/mol. The van der Waals surface area contributed by atoms with Gasteiger partial charge in [-0.15, -0.1) is 0 Å². The van der Waals surface area contributed by atoms with Crippen molar-refractivity contribution in [2.75, 3.05) is 32.7 Å². The highest BCUT2D eigenvalue weighted by Gasteiger charge is 2.32. The maximum atomic E-state index is 13.5. The predicted octanol–water partition coefficient (Wildman–Crippen LogP) is 2.13. The zero-order chi connectivity index (χ0) is 14.8. The second-order valence-electron chi connectivity index (χ2n) is 6.11. The number of fused-ring (bicyclic) bond motifs is 1. The smallest absolute Gasteiger partial charge is 0.159 e. The van der Waals surface area contributed by atoms with E-state index in [9.17, 15) is 8.78 Å². The molecule has 2 heterocycles. The van der Waals surface area contributed by atoms with Crippen LogP contribution >= 0.6 is 0 Å². The number of nitrogens with zero attached hydrogens (tertiary/aromatic N) is 2. The van der Waals surface area contributed by atoms with Crippen molar-refractivity contribution in [1.29, 1.82) is 0 Å². The fraction of sp³-hybridized carbons (Fsp3) is 0.625. The minimum absolute atomic E-state index is 0.0239. The minimum atomic E-state index is -0.799. The zero-order valence-electron chi connectivity index (χ0n) is 12.3. The van der Waals surface area contributed by atoms with Gasteiger partial charge in [0.2, 0.25) is 0 Å². The van der Waals surface area contributed by atoms with Gasteiger partial charge in [-0.2, -0.15) is 0 Å². The van der Waals surface area contributed by atoms with Crippen molar-refractivity contribution in [3.05, 3.63) is 35.4 Å². The van der Waals surface area contributed by atoms with Crippen LogP contribution in [0.4, 0.5) is 8.78 Å². The number of rotatable bonds is 3. The van der Waals surface area contributed by atoms with E-state index in [-0.39, 0.29) is 6.04 Å². The van der Waals surface area contributed by atoms with Gasteiger partial charge in [0.25, 0.3) is 0 Å². The van der Waals surface area contributed by atoms with Gasteiger partial charge in [0.1, 0.15) is 0 Å². The molecule has 3 nitrogen and oxygen atoms in total. The van der Waals surface area contributed by atoms with Gasteiger partial charge in [0.15, 0.2) is 11.6 Å². The van der Waals surface area contributed by atoms with Crippen molar-refractivity contribution in [3.8, 4) is 0 Å². The third-order valence-electron chi connectivity index (χ3n) is 4.86. The van der Waals surface area contributed by atoms with Gasteiger partial charge < -0.3 is 5.73 Å². The number of piperidine rings is 1. The van der Waals surface area contributed by atoms with Crippen LogP contribution in [0.25, 0.3) is 0 Å². The summed E-state index contributed by atoms with van der Waals surface area (Å²) in [6.45, 7) is 4.58. The molecule has 1 aromatic rings. The van der Waals surface area contributed by atoms with E-state index in [2.05, 4.69) is 9.80 Å². The summed E-state index contributed by atoms with van der Waals surface area (Å²) in [6.07, 6.45) is 3.80. The van der Waals surface area contributed by atoms with E-state index in [1.807, 2.05) is 0 Å². The van der Waals surface area contributed by atoms with Crippen molar-refractivity contribution in [3.63, 3.8) is 0 Å². The first-order valence-electron chi connectivity index (χ1n) is 7.82. The summed E-state index contributed by atoms with van der Waals surface area (Å²) in [5.41, 5.74) is 6.70. The lowest BCUT2D eigenvalue weighted by Gasteiger charge is -2.46. The quantitative estimate of drug-likeness (QED) is 0.927. The van der Waals surface area contributed by atoms with Crippen LogP contribution in [0, 0.1) is 11.6 Å². The van der Waals surface area contributed by atoms with Crippen LogP contribution in [-0.2, 0) is 0 Å². The first-order chi connectivity index (χ1) is 10.2. The Morgan fingerprint density at radius 2 is 2.00 bits per heavy atom. The molecule has 0 aliphatic carbocycles. The lowest BCUT2D eigenvalue weighted by molar-refractivity contribution is 0.0285. The largest absolute Gasteiger partial charge is 0.329 e. The predicted molar refractivity (Wildman–Crippen MR) is 78.9 cm³/mol. The van der Waals surface area contributed by atoms with Crippen LogP contribution in [0.5, 0.6) is 0 Å². The van der Waals surface area contributed by atoms with E-state index in [0.29, 0.717) is 12.6 Å². The Kier molecular flexibility index (Phi) is 4.52. The van der Waals surface area contributed by atoms with Gasteiger partial charge in [0.05, 0.1) is 0 Å². The molecule has 3 rings (SSSR count). The topological polar surface area (TPSA) is 32.5 Å². The Morgan fingerprint density at radius 3 is 2.76 bits per heavy atom. The first kappa shape index (κ1) is 14.9. The molecule has 2 aliphatic rings. The molecule has 0 saturated carbocycles. The number of nitrogens with two attached hydrogens (primary N) is 1. The van der Waals surface area contributed by atoms with Crippen LogP contribution in [0.15, 0.2) is 18.2 Å². The Labute approximate surface area is 124 Å². The lowest BCUT2D eigenvalue weighted by atomic mass is 9.97. The van der Waals surface area contributed by atoms with Gasteiger partial charge in [-0.3, -0.25) is 9.80 Å². The van der Waals surface area contributed by atoms with E-state index >= 15 is 0 Å². The van der Waals surface area contributed by atoms with Crippen molar-refractivity contribution in [1.82, 2.24) is 9.80 Å². The Bertz CT molecular complexity index is 494. The third kappa shape index (κ3) is 3.10. The molecule has 5 heteroatoms. The van der Waals surface area contributed by atoms with E-state index < -0.39 is 11.6 Å². The molecule has 2 aliphatic heterocycles. The standard InChI is InChI=1S/C16H23F2N3/c17-14-5-4-12(9-15(14)18)16(10-19)21-8-7-20-6-2-1-3-13(20)11-21/h4-5,9,13,16H,1-3,6-8,10-11,19H2. The maximum absolute atomic E-state index is 13.5. The second-order valence-corrected chi connectivity index (χ2v) is 6.11. The summed E-state index contributed by atoms with van der Waals surface area (Å²) in [7, 11) is 0. The van der Waals surface area contributed by atoms with Crippen molar-refractivity contribution in [2.24, 2.45) is 5.73 Å². The molecule has 1 aromatic carbocycles. The second kappa shape index (κ2) is 6.38. The fourth-order valence-corrected chi connectivity index (χ4v) is 3.68. The van der Waals surface area contributed by atoms with E-state index in [0.717, 1.165) is 25.2 Å². The molecule has 0 amide bonds. The highest BCUT2D eigenvalue weighted by Crippen LogP contribution is 2.28. The molecule has 2 fully saturated rings. The maximum Gasteiger partial charge on any atom is 0.159 e. The number of hydrogen-bond donors (Lipinski definition) is 1. The highest BCUT2D eigenvalue weighted by molar-refractivity contribution is 5.22. The van der Waals surface area contributed by atoms with Gasteiger partial charge >= 0.3 is 0 Å². The van der Waals surface area contributed by atoms with Gasteiger partial charge in [-0.25, -0.2) is 8.78 Å². The Morgan fingerprint density at radius 1 is 1.14 bits per heavy atom. The lowest BCUT2D eigenvalue weighted by Crippen LogP contribution is -2.56. The average Bonchev–Trinajstić information content (AvgIpc) is 2.51. The van der Waals surface area contributed by atoms with E-state index in [1.54, 1.807) is 6.07 Å². The van der Waals surface area contributed by atoms with Crippen molar-refractivity contribution >= 4 is 0 Å². The number of piperazine rings is 1. The highest BCUT2D eigenvalue weighted by atomic mass is 19.2. The minimum Gasteiger partial charge on any atom is -0.329 e. The molecule has 116 valence electrons. The molecule has 2 saturated heterocycles. The molecule has 0 radical (unpaired) electrons. The fourth-order valence-electron chi connectivity index (χ4n) is 3.68. The molecule has 2 atom stereocenters. The SMILES string of the molecule is NCC(c1ccc(F)c(F)c1)N1CCN2CCCCC2C1. The normalized spacial score (nSPS) is 25.6. The van der Waals surface area contributed by atoms with Gasteiger partial charge in [-0.05, 0) is 37.1 Å². The van der Waals surface area contributed by atoms with Crippen LogP contribution in [-0.4, -0.2) is 48.6 Å². The summed E-state index contributed by atoms with van der Waals surface area (Å²) < 4.78 is 26.6. The van der Waals surface area contributed by atoms with Gasteiger partial charge in [0, 0.05) is 38.3 Å². The van der Waals surface area contributed by atoms with Crippen LogP contribution in [0.1, 0.15) is 30.9 Å². The Hall–Kier alpha value is -1.04. The molecule has 0 spiro atoms. The molecule has 0 bridgehead atoms. The van der Waals surface area contributed by atoms with E-state index in [4.69, 9.17) is 5.73 Å². The van der Waals surface area contributed by atoms with Crippen LogP contribution in [0.3, 0.4) is 0 Å². The number of hydrogen-bond acceptors (Lipinski definition) is 3. The molecule has 2 unspecified atom stereocenters. The number of halogens is 2. The summed E-state index contributed by atoms with van der Waals surface area (Å²) >= 11 is 0. The third-order valence-corrected chi connectivity index (χ3v) is 4.86. The van der Waals surface area contributed by atoms with E-state index in [1.165, 1.54) is 37.9 Å². The molecule has 2 N–H and O–H groups in total. The van der Waals surface area contributed by atoms with Gasteiger partial charge in [-0.1, -0.05) is 12.5 Å². The molecular formula is C16H23F2N3. The summed E-state index contributed by atoms with van der Waals surface area (Å²) in [4.78, 5) is 4.89. The van der Waals surface area contributed by atoms with Crippen molar-refractivity contribution in [2.45, 2.75) is 31.3 Å². The first-order valence-corrected chi connectivity index (χ1v) is 7.82. The Balaban J connectivity index is 1.75. The van der Waals surface area contributed by atoms with Crippen LogP contribution < -0.4 is 5.73 Å². The summed E-state index contributed by atoms with van der Waals surface area (Å²) in [5.74, 6) is -1.59. The average molecular weight is 295 g/mol. The zero-order valence-corrected chi connectivity index (χ0v) is 12.3. The van der Waals surface area contributed by atoms with Crippen LogP contribution in [0.2, 0.25) is 0 Å². The summed E-state index contributed by atoms with van der Waals surface area (Å²) in [5, 5.41) is 0. The summed E-state index contributed by atoms with van der Waals surface area (Å²) in [6, 6.07) is 4.71. The number of benzene rings is 1. The molecule has 21 heavy (non-hydrogen) atoms. The molecular weight excluding hydrogens is 272 g/mol. The van der Waals surface area contributed by atoms with Crippen molar-refractivity contribution < 1.29 is 8.78 Å².